The summed E-state index contributed by atoms with van der Waals surface area (Å²) in [6, 6.07) is 2.15. The highest BCUT2D eigenvalue weighted by molar-refractivity contribution is 6.31. The summed E-state index contributed by atoms with van der Waals surface area (Å²) >= 11 is 6.29. The standard InChI is InChI=1S/C24H26ClF6N5O2/c1-4-36(34-22(37)16-9-18(24(29,30)31)12-19(28)10-16)15(3)33-14(2)21-20(25)11-17(13-32-21)23(38)35(7-5-26)8-6-27/h9-14,33H,3-8H2,1-2H3,(H,34,37)/t14-/m1/s1. The largest absolute Gasteiger partial charge is 0.416 e. The lowest BCUT2D eigenvalue weighted by molar-refractivity contribution is -0.137. The van der Waals surface area contributed by atoms with Crippen LogP contribution in [-0.2, 0) is 6.18 Å². The molecule has 0 saturated carbocycles. The average molecular weight is 566 g/mol. The van der Waals surface area contributed by atoms with Gasteiger partial charge in [0.05, 0.1) is 27.9 Å². The summed E-state index contributed by atoms with van der Waals surface area (Å²) in [6.07, 6.45) is -3.64. The second-order valence-electron chi connectivity index (χ2n) is 7.99. The second-order valence-corrected chi connectivity index (χ2v) is 8.39. The molecule has 0 saturated heterocycles. The van der Waals surface area contributed by atoms with E-state index < -0.39 is 54.3 Å². The van der Waals surface area contributed by atoms with E-state index in [1.54, 1.807) is 13.8 Å². The van der Waals surface area contributed by atoms with Crippen LogP contribution < -0.4 is 10.7 Å². The molecule has 2 rings (SSSR count). The van der Waals surface area contributed by atoms with E-state index >= 15 is 0 Å². The number of halogens is 7. The maximum Gasteiger partial charge on any atom is 0.416 e. The first-order valence-corrected chi connectivity index (χ1v) is 11.7. The van der Waals surface area contributed by atoms with Crippen LogP contribution in [0, 0.1) is 5.82 Å². The second kappa shape index (κ2) is 13.4. The highest BCUT2D eigenvalue weighted by atomic mass is 35.5. The fourth-order valence-corrected chi connectivity index (χ4v) is 3.72. The van der Waals surface area contributed by atoms with Gasteiger partial charge in [0.1, 0.15) is 25.0 Å². The molecule has 1 atom stereocenters. The van der Waals surface area contributed by atoms with Crippen LogP contribution in [0.15, 0.2) is 42.9 Å². The van der Waals surface area contributed by atoms with Crippen LogP contribution in [0.1, 0.15) is 51.9 Å². The quantitative estimate of drug-likeness (QED) is 0.278. The Morgan fingerprint density at radius 1 is 1.11 bits per heavy atom. The van der Waals surface area contributed by atoms with Crippen LogP contribution in [0.2, 0.25) is 5.02 Å². The van der Waals surface area contributed by atoms with Crippen molar-refractivity contribution in [3.05, 3.63) is 76.1 Å². The van der Waals surface area contributed by atoms with Crippen LogP contribution in [0.4, 0.5) is 26.3 Å². The Hall–Kier alpha value is -3.48. The topological polar surface area (TPSA) is 77.6 Å². The molecule has 1 aromatic carbocycles. The number of carbonyl (C=O) groups excluding carboxylic acids is 2. The van der Waals surface area contributed by atoms with E-state index in [9.17, 15) is 35.9 Å². The molecule has 0 unspecified atom stereocenters. The number of nitrogens with zero attached hydrogens (tertiary/aromatic N) is 3. The van der Waals surface area contributed by atoms with Crippen molar-refractivity contribution < 1.29 is 35.9 Å². The van der Waals surface area contributed by atoms with Crippen molar-refractivity contribution in [2.75, 3.05) is 33.0 Å². The number of nitrogens with one attached hydrogen (secondary N) is 2. The fourth-order valence-electron chi connectivity index (χ4n) is 3.39. The minimum atomic E-state index is -4.84. The molecule has 1 heterocycles. The van der Waals surface area contributed by atoms with Gasteiger partial charge in [-0.3, -0.25) is 25.0 Å². The van der Waals surface area contributed by atoms with Crippen LogP contribution in [-0.4, -0.2) is 59.7 Å². The van der Waals surface area contributed by atoms with Gasteiger partial charge in [0, 0.05) is 31.4 Å². The Morgan fingerprint density at radius 3 is 2.26 bits per heavy atom. The number of amides is 2. The highest BCUT2D eigenvalue weighted by Crippen LogP contribution is 2.30. The molecule has 0 fully saturated rings. The maximum absolute atomic E-state index is 13.7. The van der Waals surface area contributed by atoms with Crippen molar-refractivity contribution in [3.8, 4) is 0 Å². The monoisotopic (exact) mass is 565 g/mol. The van der Waals surface area contributed by atoms with Gasteiger partial charge >= 0.3 is 6.18 Å². The molecule has 0 aliphatic carbocycles. The van der Waals surface area contributed by atoms with E-state index in [-0.39, 0.29) is 47.8 Å². The average Bonchev–Trinajstić information content (AvgIpc) is 2.85. The molecule has 208 valence electrons. The summed E-state index contributed by atoms with van der Waals surface area (Å²) < 4.78 is 78.0. The minimum Gasteiger partial charge on any atom is -0.363 e. The molecule has 0 bridgehead atoms. The van der Waals surface area contributed by atoms with Crippen molar-refractivity contribution in [2.45, 2.75) is 26.1 Å². The Labute approximate surface area is 220 Å². The maximum atomic E-state index is 13.7. The third-order valence-electron chi connectivity index (χ3n) is 5.27. The normalized spacial score (nSPS) is 12.0. The molecular weight excluding hydrogens is 540 g/mol. The number of alkyl halides is 5. The number of benzene rings is 1. The lowest BCUT2D eigenvalue weighted by Gasteiger charge is -2.29. The van der Waals surface area contributed by atoms with Gasteiger partial charge in [-0.15, -0.1) is 0 Å². The van der Waals surface area contributed by atoms with Crippen molar-refractivity contribution >= 4 is 23.4 Å². The molecule has 2 aromatic rings. The Balaban J connectivity index is 2.13. The van der Waals surface area contributed by atoms with E-state index in [1.165, 1.54) is 17.3 Å². The first kappa shape index (κ1) is 30.7. The van der Waals surface area contributed by atoms with E-state index in [2.05, 4.69) is 22.3 Å². The first-order chi connectivity index (χ1) is 17.8. The molecule has 14 heteroatoms. The predicted molar refractivity (Wildman–Crippen MR) is 129 cm³/mol. The number of hydrazine groups is 1. The van der Waals surface area contributed by atoms with E-state index in [1.807, 2.05) is 0 Å². The van der Waals surface area contributed by atoms with Gasteiger partial charge in [0.2, 0.25) is 0 Å². The number of hydrogen-bond acceptors (Lipinski definition) is 5. The smallest absolute Gasteiger partial charge is 0.363 e. The molecular formula is C24H26ClF6N5O2. The van der Waals surface area contributed by atoms with Gasteiger partial charge in [-0.1, -0.05) is 18.2 Å². The Morgan fingerprint density at radius 2 is 1.74 bits per heavy atom. The summed E-state index contributed by atoms with van der Waals surface area (Å²) in [6.45, 7) is 4.91. The number of rotatable bonds is 12. The summed E-state index contributed by atoms with van der Waals surface area (Å²) in [5.41, 5.74) is 0.802. The Kier molecular flexibility index (Phi) is 10.8. The zero-order valence-corrected chi connectivity index (χ0v) is 21.3. The fraction of sp³-hybridized carbons (Fsp3) is 0.375. The number of hydrogen-bond donors (Lipinski definition) is 2. The first-order valence-electron chi connectivity index (χ1n) is 11.3. The zero-order chi connectivity index (χ0) is 28.6. The Bertz CT molecular complexity index is 1160. The summed E-state index contributed by atoms with van der Waals surface area (Å²) in [5, 5.41) is 4.18. The molecule has 38 heavy (non-hydrogen) atoms. The van der Waals surface area contributed by atoms with Crippen LogP contribution in [0.5, 0.6) is 0 Å². The number of carbonyl (C=O) groups is 2. The molecule has 7 nitrogen and oxygen atoms in total. The molecule has 0 aliphatic heterocycles. The number of pyridine rings is 1. The third-order valence-corrected chi connectivity index (χ3v) is 5.57. The van der Waals surface area contributed by atoms with Crippen LogP contribution >= 0.6 is 11.6 Å². The predicted octanol–water partition coefficient (Wildman–Crippen LogP) is 5.06. The molecule has 2 N–H and O–H groups in total. The van der Waals surface area contributed by atoms with Crippen molar-refractivity contribution in [1.29, 1.82) is 0 Å². The van der Waals surface area contributed by atoms with Crippen LogP contribution in [0.3, 0.4) is 0 Å². The van der Waals surface area contributed by atoms with E-state index in [0.29, 0.717) is 12.1 Å². The summed E-state index contributed by atoms with van der Waals surface area (Å²) in [4.78, 5) is 30.2. The van der Waals surface area contributed by atoms with Gasteiger partial charge < -0.3 is 10.2 Å². The lowest BCUT2D eigenvalue weighted by Crippen LogP contribution is -2.45. The van der Waals surface area contributed by atoms with E-state index in [0.717, 1.165) is 4.90 Å². The van der Waals surface area contributed by atoms with Gasteiger partial charge in [-0.05, 0) is 38.1 Å². The van der Waals surface area contributed by atoms with Crippen molar-refractivity contribution in [3.63, 3.8) is 0 Å². The molecule has 1 aromatic heterocycles. The zero-order valence-electron chi connectivity index (χ0n) is 20.5. The summed E-state index contributed by atoms with van der Waals surface area (Å²) in [5.74, 6) is -2.76. The number of aromatic nitrogens is 1. The van der Waals surface area contributed by atoms with Gasteiger partial charge in [-0.25, -0.2) is 13.2 Å². The van der Waals surface area contributed by atoms with Gasteiger partial charge in [-0.2, -0.15) is 13.2 Å². The van der Waals surface area contributed by atoms with Crippen molar-refractivity contribution in [1.82, 2.24) is 25.6 Å². The highest BCUT2D eigenvalue weighted by Gasteiger charge is 2.32. The van der Waals surface area contributed by atoms with Gasteiger partial charge in [0.25, 0.3) is 11.8 Å². The molecule has 0 spiro atoms. The molecule has 2 amide bonds. The molecule has 0 aliphatic rings. The SMILES string of the molecule is C=C(N[C@H](C)c1ncc(C(=O)N(CCF)CCF)cc1Cl)N(CC)NC(=O)c1cc(F)cc(C(F)(F)F)c1. The third kappa shape index (κ3) is 8.01. The van der Waals surface area contributed by atoms with E-state index in [4.69, 9.17) is 11.6 Å². The van der Waals surface area contributed by atoms with Crippen molar-refractivity contribution in [2.24, 2.45) is 0 Å². The van der Waals surface area contributed by atoms with Crippen LogP contribution in [0.25, 0.3) is 0 Å². The minimum absolute atomic E-state index is 0.0300. The summed E-state index contributed by atoms with van der Waals surface area (Å²) in [7, 11) is 0. The van der Waals surface area contributed by atoms with Gasteiger partial charge in [0.15, 0.2) is 0 Å². The molecule has 0 radical (unpaired) electrons. The lowest BCUT2D eigenvalue weighted by atomic mass is 10.1.